The van der Waals surface area contributed by atoms with Crippen molar-refractivity contribution in [2.75, 3.05) is 20.1 Å². The van der Waals surface area contributed by atoms with E-state index in [9.17, 15) is 4.79 Å². The highest BCUT2D eigenvalue weighted by Crippen LogP contribution is 2.20. The average molecular weight is 192 g/mol. The number of likely N-dealkylation sites (tertiary alicyclic amines) is 1. The summed E-state index contributed by atoms with van der Waals surface area (Å²) in [6, 6.07) is -0.169. The van der Waals surface area contributed by atoms with Crippen LogP contribution in [0.1, 0.15) is 39.3 Å². The summed E-state index contributed by atoms with van der Waals surface area (Å²) < 4.78 is 36.9. The van der Waals surface area contributed by atoms with E-state index in [1.807, 2.05) is 4.90 Å². The second-order valence-electron chi connectivity index (χ2n) is 3.32. The second-order valence-corrected chi connectivity index (χ2v) is 3.32. The first-order valence-electron chi connectivity index (χ1n) is 7.12. The summed E-state index contributed by atoms with van der Waals surface area (Å²) in [7, 11) is 1.55. The van der Waals surface area contributed by atoms with Crippen molar-refractivity contribution >= 4 is 5.91 Å². The molecule has 1 unspecified atom stereocenters. The number of nitrogens with zero attached hydrogens (tertiary/aromatic N) is 1. The van der Waals surface area contributed by atoms with Gasteiger partial charge in [0, 0.05) is 19.9 Å². The molecule has 1 amide bonds. The van der Waals surface area contributed by atoms with Crippen molar-refractivity contribution in [1.29, 1.82) is 0 Å². The van der Waals surface area contributed by atoms with Crippen molar-refractivity contribution in [1.82, 2.24) is 10.2 Å². The highest BCUT2D eigenvalue weighted by atomic mass is 16.3. The highest BCUT2D eigenvalue weighted by Gasteiger charge is 2.24. The van der Waals surface area contributed by atoms with E-state index in [0.717, 1.165) is 19.4 Å². The van der Waals surface area contributed by atoms with Gasteiger partial charge in [-0.2, -0.15) is 0 Å². The minimum absolute atomic E-state index is 0.0551. The lowest BCUT2D eigenvalue weighted by atomic mass is 10.1. The van der Waals surface area contributed by atoms with Gasteiger partial charge in [-0.15, -0.1) is 0 Å². The molecule has 0 aromatic heterocycles. The number of rotatable bonds is 4. The summed E-state index contributed by atoms with van der Waals surface area (Å²) in [5.41, 5.74) is 0. The van der Waals surface area contributed by atoms with Gasteiger partial charge in [0.05, 0.1) is 6.54 Å². The van der Waals surface area contributed by atoms with Crippen LogP contribution in [0.5, 0.6) is 0 Å². The van der Waals surface area contributed by atoms with Crippen LogP contribution < -0.4 is 5.32 Å². The van der Waals surface area contributed by atoms with Crippen molar-refractivity contribution < 1.29 is 11.6 Å². The SMILES string of the molecule is [2H]C([2H])([2H])C([2H])([2H])CC1CCCN1C[13C](=O)[15NH][13CH3]. The van der Waals surface area contributed by atoms with Gasteiger partial charge in [0.1, 0.15) is 0 Å². The molecule has 1 aliphatic rings. The largest absolute Gasteiger partial charge is 0.358 e. The molecule has 13 heavy (non-hydrogen) atoms. The zero-order chi connectivity index (χ0) is 14.0. The highest BCUT2D eigenvalue weighted by molar-refractivity contribution is 5.77. The Balaban J connectivity index is 2.63. The Morgan fingerprint density at radius 3 is 3.38 bits per heavy atom. The van der Waals surface area contributed by atoms with Gasteiger partial charge < -0.3 is 5.32 Å². The van der Waals surface area contributed by atoms with E-state index in [0.29, 0.717) is 0 Å². The maximum absolute atomic E-state index is 11.3. The first kappa shape index (κ1) is 5.35. The van der Waals surface area contributed by atoms with Crippen LogP contribution in [-0.4, -0.2) is 37.0 Å². The number of amides is 1. The molecule has 0 radical (unpaired) electrons. The second kappa shape index (κ2) is 5.22. The van der Waals surface area contributed by atoms with Gasteiger partial charge in [0.2, 0.25) is 5.91 Å². The van der Waals surface area contributed by atoms with Crippen LogP contribution in [-0.2, 0) is 4.79 Å². The van der Waals surface area contributed by atoms with Gasteiger partial charge in [-0.25, -0.2) is 0 Å². The summed E-state index contributed by atoms with van der Waals surface area (Å²) in [4.78, 5) is 13.2. The molecule has 1 N–H and O–H groups in total. The number of carbonyl (C=O) groups is 1. The molecule has 76 valence electrons. The summed E-state index contributed by atoms with van der Waals surface area (Å²) in [5, 5.41) is 2.52. The minimum atomic E-state index is -2.62. The molecule has 1 aliphatic heterocycles. The van der Waals surface area contributed by atoms with Gasteiger partial charge in [-0.05, 0) is 25.8 Å². The van der Waals surface area contributed by atoms with Gasteiger partial charge in [-0.1, -0.05) is 13.2 Å². The quantitative estimate of drug-likeness (QED) is 0.532. The lowest BCUT2D eigenvalue weighted by Crippen LogP contribution is -2.38. The fourth-order valence-electron chi connectivity index (χ4n) is 1.72. The Bertz CT molecular complexity index is 305. The zero-order valence-electron chi connectivity index (χ0n) is 13.0. The Morgan fingerprint density at radius 2 is 2.69 bits per heavy atom. The number of nitrogens with one attached hydrogen (secondary N) is 1. The van der Waals surface area contributed by atoms with Crippen LogP contribution >= 0.6 is 0 Å². The summed E-state index contributed by atoms with van der Waals surface area (Å²) in [6.07, 6.45) is -0.644. The van der Waals surface area contributed by atoms with Crippen LogP contribution in [0.25, 0.3) is 0 Å². The number of hydrogen-bond acceptors (Lipinski definition) is 2. The first-order valence-corrected chi connectivity index (χ1v) is 4.62. The first-order chi connectivity index (χ1) is 8.17. The number of carbonyl (C=O) groups excluding carboxylic acids is 1. The molecule has 0 aromatic carbocycles. The summed E-state index contributed by atoms with van der Waals surface area (Å²) in [6.45, 7) is -1.69. The van der Waals surface area contributed by atoms with Crippen LogP contribution in [0.3, 0.4) is 0 Å². The monoisotopic (exact) mass is 192 g/mol. The van der Waals surface area contributed by atoms with Crippen LogP contribution in [0.15, 0.2) is 0 Å². The fourth-order valence-corrected chi connectivity index (χ4v) is 1.72. The van der Waals surface area contributed by atoms with Crippen molar-refractivity contribution in [3.05, 3.63) is 0 Å². The van der Waals surface area contributed by atoms with E-state index in [2.05, 4.69) is 5.32 Å². The molecule has 0 bridgehead atoms. The molecule has 3 nitrogen and oxygen atoms in total. The standard InChI is InChI=1S/C10H20N2O/c1-3-5-9-6-4-7-12(9)8-10(13)11-2/h9H,3-8H2,1-2H3,(H,11,13)/i1D3,2+1,3D2,10+1,11+1. The molecule has 1 rings (SSSR count). The Kier molecular flexibility index (Phi) is 2.15. The molecular formula is C10H20N2O. The lowest BCUT2D eigenvalue weighted by molar-refractivity contribution is -0.122. The predicted molar refractivity (Wildman–Crippen MR) is 53.6 cm³/mol. The van der Waals surface area contributed by atoms with Crippen molar-refractivity contribution in [2.24, 2.45) is 0 Å². The third-order valence-corrected chi connectivity index (χ3v) is 2.46. The van der Waals surface area contributed by atoms with Crippen molar-refractivity contribution in [3.8, 4) is 0 Å². The van der Waals surface area contributed by atoms with E-state index >= 15 is 0 Å². The van der Waals surface area contributed by atoms with E-state index < -0.39 is 13.2 Å². The third kappa shape index (κ3) is 2.99. The third-order valence-electron chi connectivity index (χ3n) is 2.46. The van der Waals surface area contributed by atoms with Crippen molar-refractivity contribution in [2.45, 2.75) is 38.5 Å². The van der Waals surface area contributed by atoms with Gasteiger partial charge in [0.25, 0.3) is 0 Å². The molecular weight excluding hydrogens is 167 g/mol. The Hall–Kier alpha value is -0.570. The average Bonchev–Trinajstić information content (AvgIpc) is 2.63. The number of likely N-dealkylation sites (N-methyl/N-ethyl adjacent to an activating group) is 1. The molecule has 3 heteroatoms. The molecule has 1 saturated heterocycles. The maximum Gasteiger partial charge on any atom is 0.233 e. The molecule has 1 heterocycles. The lowest BCUT2D eigenvalue weighted by Gasteiger charge is -2.22. The topological polar surface area (TPSA) is 32.3 Å². The van der Waals surface area contributed by atoms with E-state index in [4.69, 9.17) is 6.85 Å². The molecule has 1 fully saturated rings. The molecule has 0 aliphatic carbocycles. The summed E-state index contributed by atoms with van der Waals surface area (Å²) >= 11 is 0. The Labute approximate surface area is 87.5 Å². The molecule has 0 aromatic rings. The van der Waals surface area contributed by atoms with Gasteiger partial charge in [-0.3, -0.25) is 9.69 Å². The van der Waals surface area contributed by atoms with Gasteiger partial charge >= 0.3 is 0 Å². The smallest absolute Gasteiger partial charge is 0.233 e. The molecule has 1 atom stereocenters. The van der Waals surface area contributed by atoms with Crippen LogP contribution in [0, 0.1) is 0 Å². The fraction of sp³-hybridized carbons (Fsp3) is 0.900. The minimum Gasteiger partial charge on any atom is -0.358 e. The maximum atomic E-state index is 11.3. The van der Waals surface area contributed by atoms with E-state index in [1.54, 1.807) is 7.05 Å². The van der Waals surface area contributed by atoms with Crippen LogP contribution in [0.2, 0.25) is 0 Å². The summed E-state index contributed by atoms with van der Waals surface area (Å²) in [5.74, 6) is -0.128. The normalized spacial score (nSPS) is 31.2. The molecule has 0 spiro atoms. The van der Waals surface area contributed by atoms with E-state index in [-0.39, 0.29) is 24.9 Å². The number of hydrogen-bond donors (Lipinski definition) is 1. The molecule has 0 saturated carbocycles. The van der Waals surface area contributed by atoms with Gasteiger partial charge in [0.15, 0.2) is 0 Å². The van der Waals surface area contributed by atoms with Crippen LogP contribution in [0.4, 0.5) is 0 Å². The Morgan fingerprint density at radius 1 is 1.85 bits per heavy atom. The van der Waals surface area contributed by atoms with Crippen molar-refractivity contribution in [3.63, 3.8) is 0 Å². The van der Waals surface area contributed by atoms with E-state index in [1.165, 1.54) is 0 Å². The predicted octanol–water partition coefficient (Wildman–Crippen LogP) is 0.997. The zero-order valence-corrected chi connectivity index (χ0v) is 7.97.